The summed E-state index contributed by atoms with van der Waals surface area (Å²) in [4.78, 5) is 33.4. The van der Waals surface area contributed by atoms with Crippen LogP contribution in [0.5, 0.6) is 0 Å². The van der Waals surface area contributed by atoms with E-state index in [1.54, 1.807) is 23.7 Å². The molecule has 0 aliphatic carbocycles. The summed E-state index contributed by atoms with van der Waals surface area (Å²) in [5.41, 5.74) is 13.7. The van der Waals surface area contributed by atoms with Crippen molar-refractivity contribution >= 4 is 67.6 Å². The lowest BCUT2D eigenvalue weighted by atomic mass is 10.2. The van der Waals surface area contributed by atoms with Crippen LogP contribution in [0, 0.1) is 13.8 Å². The van der Waals surface area contributed by atoms with Crippen LogP contribution in [0.1, 0.15) is 11.4 Å². The number of benzene rings is 2. The Morgan fingerprint density at radius 1 is 0.660 bits per heavy atom. The van der Waals surface area contributed by atoms with Crippen molar-refractivity contribution < 1.29 is 4.74 Å². The SMILES string of the molecule is CNc1nc(C)c(-c2ccnc(Nc3ccc(N4CCNCC4)cc3)n2)s1.Cc1nc(N)sc1-c1ccnc(Nc2ccc(N3CCOCC3)cc2)n1. The Bertz CT molecular complexity index is 2090. The van der Waals surface area contributed by atoms with E-state index >= 15 is 0 Å². The molecule has 0 spiro atoms. The van der Waals surface area contributed by atoms with E-state index in [1.807, 2.05) is 45.2 Å². The van der Waals surface area contributed by atoms with Gasteiger partial charge in [0.05, 0.1) is 45.7 Å². The molecule has 2 fully saturated rings. The maximum Gasteiger partial charge on any atom is 0.227 e. The second kappa shape index (κ2) is 16.9. The number of nitrogens with one attached hydrogen (secondary N) is 4. The molecule has 2 aliphatic rings. The second-order valence-corrected chi connectivity index (χ2v) is 14.4. The van der Waals surface area contributed by atoms with Crippen molar-refractivity contribution in [2.45, 2.75) is 13.8 Å². The van der Waals surface area contributed by atoms with Crippen molar-refractivity contribution in [3.8, 4) is 21.1 Å². The summed E-state index contributed by atoms with van der Waals surface area (Å²) in [7, 11) is 1.87. The highest BCUT2D eigenvalue weighted by molar-refractivity contribution is 7.19. The van der Waals surface area contributed by atoms with Gasteiger partial charge in [0.25, 0.3) is 0 Å². The van der Waals surface area contributed by atoms with Crippen LogP contribution in [-0.2, 0) is 4.74 Å². The molecule has 274 valence electrons. The predicted molar refractivity (Wildman–Crippen MR) is 217 cm³/mol. The first kappa shape index (κ1) is 36.0. The minimum atomic E-state index is 0.546. The molecule has 2 aliphatic heterocycles. The van der Waals surface area contributed by atoms with E-state index in [2.05, 4.69) is 97.4 Å². The molecule has 0 amide bonds. The lowest BCUT2D eigenvalue weighted by Gasteiger charge is -2.29. The Labute approximate surface area is 316 Å². The number of aryl methyl sites for hydroxylation is 2. The van der Waals surface area contributed by atoms with Crippen LogP contribution < -0.4 is 36.8 Å². The summed E-state index contributed by atoms with van der Waals surface area (Å²) in [6.07, 6.45) is 3.51. The highest BCUT2D eigenvalue weighted by Crippen LogP contribution is 2.32. The summed E-state index contributed by atoms with van der Waals surface area (Å²) >= 11 is 3.03. The fraction of sp³-hybridized carbons (Fsp3) is 0.297. The molecule has 8 rings (SSSR count). The summed E-state index contributed by atoms with van der Waals surface area (Å²) in [6.45, 7) is 11.5. The number of piperazine rings is 1. The standard InChI is InChI=1S/C19H23N7S.C18H20N6OS/c1-13-17(27-19(20-2)23-13)16-7-8-22-18(25-16)24-14-3-5-15(6-4-14)26-11-9-21-10-12-26;1-12-16(26-17(19)21-12)15-6-7-20-18(23-15)22-13-2-4-14(5-3-13)24-8-10-25-11-9-24/h3-8,21H,9-12H2,1-2H3,(H,20,23)(H,22,24,25);2-7H,8-11H2,1H3,(H2,19,21)(H,20,22,23). The maximum absolute atomic E-state index is 5.79. The van der Waals surface area contributed by atoms with Gasteiger partial charge in [-0.1, -0.05) is 22.7 Å². The van der Waals surface area contributed by atoms with Crippen LogP contribution in [0.25, 0.3) is 21.1 Å². The number of aromatic nitrogens is 6. The zero-order valence-electron chi connectivity index (χ0n) is 30.0. The highest BCUT2D eigenvalue weighted by atomic mass is 32.1. The molecule has 2 aromatic carbocycles. The topological polar surface area (TPSA) is 167 Å². The van der Waals surface area contributed by atoms with E-state index < -0.39 is 0 Å². The van der Waals surface area contributed by atoms with Crippen molar-refractivity contribution in [2.75, 3.05) is 91.0 Å². The Morgan fingerprint density at radius 2 is 1.17 bits per heavy atom. The average molecular weight is 750 g/mol. The number of ether oxygens (including phenoxy) is 1. The number of thiazole rings is 2. The Balaban J connectivity index is 0.000000164. The lowest BCUT2D eigenvalue weighted by molar-refractivity contribution is 0.122. The number of anilines is 8. The number of hydrogen-bond donors (Lipinski definition) is 5. The zero-order valence-corrected chi connectivity index (χ0v) is 31.6. The van der Waals surface area contributed by atoms with E-state index in [0.29, 0.717) is 17.0 Å². The van der Waals surface area contributed by atoms with Crippen LogP contribution >= 0.6 is 22.7 Å². The number of nitrogens with zero attached hydrogens (tertiary/aromatic N) is 8. The minimum Gasteiger partial charge on any atom is -0.378 e. The van der Waals surface area contributed by atoms with Crippen molar-refractivity contribution in [1.29, 1.82) is 0 Å². The quantitative estimate of drug-likeness (QED) is 0.114. The van der Waals surface area contributed by atoms with E-state index in [-0.39, 0.29) is 0 Å². The minimum absolute atomic E-state index is 0.546. The van der Waals surface area contributed by atoms with Gasteiger partial charge in [-0.2, -0.15) is 0 Å². The van der Waals surface area contributed by atoms with Crippen LogP contribution in [0.4, 0.5) is 44.9 Å². The van der Waals surface area contributed by atoms with Crippen LogP contribution in [-0.4, -0.2) is 89.4 Å². The Kier molecular flexibility index (Phi) is 11.5. The van der Waals surface area contributed by atoms with Crippen LogP contribution in [0.3, 0.4) is 0 Å². The molecule has 53 heavy (non-hydrogen) atoms. The van der Waals surface area contributed by atoms with Crippen molar-refractivity contribution in [2.24, 2.45) is 0 Å². The normalized spacial score (nSPS) is 14.3. The molecular weight excluding hydrogens is 707 g/mol. The highest BCUT2D eigenvalue weighted by Gasteiger charge is 2.15. The molecule has 0 atom stereocenters. The van der Waals surface area contributed by atoms with Gasteiger partial charge in [0.15, 0.2) is 10.3 Å². The fourth-order valence-electron chi connectivity index (χ4n) is 6.00. The third kappa shape index (κ3) is 9.15. The molecule has 0 bridgehead atoms. The number of nitrogen functional groups attached to an aromatic ring is 1. The molecule has 6 N–H and O–H groups in total. The van der Waals surface area contributed by atoms with Crippen molar-refractivity contribution in [1.82, 2.24) is 35.2 Å². The first-order chi connectivity index (χ1) is 25.9. The predicted octanol–water partition coefficient (Wildman–Crippen LogP) is 6.17. The van der Waals surface area contributed by atoms with E-state index in [9.17, 15) is 0 Å². The lowest BCUT2D eigenvalue weighted by Crippen LogP contribution is -2.43. The maximum atomic E-state index is 5.79. The Morgan fingerprint density at radius 3 is 1.66 bits per heavy atom. The second-order valence-electron chi connectivity index (χ2n) is 12.4. The van der Waals surface area contributed by atoms with Gasteiger partial charge in [0.1, 0.15) is 0 Å². The molecule has 16 heteroatoms. The zero-order chi connectivity index (χ0) is 36.6. The van der Waals surface area contributed by atoms with Gasteiger partial charge in [-0.25, -0.2) is 29.9 Å². The third-order valence-electron chi connectivity index (χ3n) is 8.71. The fourth-order valence-corrected chi connectivity index (χ4v) is 7.69. The molecule has 14 nitrogen and oxygen atoms in total. The largest absolute Gasteiger partial charge is 0.378 e. The van der Waals surface area contributed by atoms with Gasteiger partial charge in [0.2, 0.25) is 11.9 Å². The Hall–Kier alpha value is -5.42. The van der Waals surface area contributed by atoms with Gasteiger partial charge in [-0.3, -0.25) is 0 Å². The van der Waals surface area contributed by atoms with Gasteiger partial charge < -0.3 is 41.5 Å². The van der Waals surface area contributed by atoms with Crippen molar-refractivity contribution in [3.05, 3.63) is 84.4 Å². The molecule has 6 heterocycles. The van der Waals surface area contributed by atoms with Gasteiger partial charge >= 0.3 is 0 Å². The third-order valence-corrected chi connectivity index (χ3v) is 10.9. The number of rotatable bonds is 9. The molecular formula is C37H43N13OS2. The first-order valence-corrected chi connectivity index (χ1v) is 19.1. The van der Waals surface area contributed by atoms with Gasteiger partial charge in [-0.15, -0.1) is 0 Å². The first-order valence-electron chi connectivity index (χ1n) is 17.5. The monoisotopic (exact) mass is 749 g/mol. The molecule has 0 radical (unpaired) electrons. The van der Waals surface area contributed by atoms with Crippen LogP contribution in [0.2, 0.25) is 0 Å². The summed E-state index contributed by atoms with van der Waals surface area (Å²) in [6, 6.07) is 20.5. The van der Waals surface area contributed by atoms with Crippen molar-refractivity contribution in [3.63, 3.8) is 0 Å². The smallest absolute Gasteiger partial charge is 0.227 e. The molecule has 2 saturated heterocycles. The molecule has 0 saturated carbocycles. The number of morpholine rings is 1. The van der Waals surface area contributed by atoms with Gasteiger partial charge in [0, 0.05) is 81.5 Å². The average Bonchev–Trinajstić information content (AvgIpc) is 3.76. The number of hydrogen-bond acceptors (Lipinski definition) is 16. The van der Waals surface area contributed by atoms with E-state index in [1.165, 1.54) is 22.7 Å². The van der Waals surface area contributed by atoms with E-state index in [0.717, 1.165) is 102 Å². The van der Waals surface area contributed by atoms with E-state index in [4.69, 9.17) is 10.5 Å². The molecule has 4 aromatic heterocycles. The van der Waals surface area contributed by atoms with Crippen LogP contribution in [0.15, 0.2) is 73.1 Å². The summed E-state index contributed by atoms with van der Waals surface area (Å²) in [5.74, 6) is 1.13. The number of nitrogens with two attached hydrogens (primary N) is 1. The van der Waals surface area contributed by atoms with Gasteiger partial charge in [-0.05, 0) is 74.5 Å². The summed E-state index contributed by atoms with van der Waals surface area (Å²) in [5, 5.41) is 14.5. The molecule has 0 unspecified atom stereocenters. The summed E-state index contributed by atoms with van der Waals surface area (Å²) < 4.78 is 5.40. The molecule has 6 aromatic rings.